The van der Waals surface area contributed by atoms with Crippen molar-refractivity contribution in [2.24, 2.45) is 32.5 Å². The van der Waals surface area contributed by atoms with Crippen LogP contribution in [0.5, 0.6) is 0 Å². The molecule has 0 unspecified atom stereocenters. The van der Waals surface area contributed by atoms with Crippen LogP contribution in [0.4, 0.5) is 0 Å². The topological polar surface area (TPSA) is 0 Å². The van der Waals surface area contributed by atoms with Gasteiger partial charge in [-0.2, -0.15) is 0 Å². The monoisotopic (exact) mass is 356 g/mol. The highest BCUT2D eigenvalue weighted by Gasteiger charge is 2.36. The molecule has 0 N–H and O–H groups in total. The molecule has 0 heteroatoms. The Hall–Kier alpha value is 0. The van der Waals surface area contributed by atoms with Crippen LogP contribution < -0.4 is 0 Å². The molecule has 0 aliphatic rings. The molecule has 156 valence electrons. The zero-order valence-electron chi connectivity index (χ0n) is 20.4. The van der Waals surface area contributed by atoms with Crippen molar-refractivity contribution in [2.45, 2.75) is 131 Å². The summed E-state index contributed by atoms with van der Waals surface area (Å²) in [6.45, 7) is 37.4. The maximum Gasteiger partial charge on any atom is -0.0301 e. The van der Waals surface area contributed by atoms with E-state index in [2.05, 4.69) is 111 Å². The van der Waals surface area contributed by atoms with E-state index in [-0.39, 0.29) is 7.43 Å². The van der Waals surface area contributed by atoms with Gasteiger partial charge in [0, 0.05) is 0 Å². The molecule has 0 saturated carbocycles. The summed E-state index contributed by atoms with van der Waals surface area (Å²) in [5, 5.41) is 0. The number of rotatable bonds is 2. The molecule has 0 aliphatic heterocycles. The Morgan fingerprint density at radius 2 is 0.520 bits per heavy atom. The minimum absolute atomic E-state index is 0. The van der Waals surface area contributed by atoms with Gasteiger partial charge in [-0.05, 0) is 45.3 Å². The van der Waals surface area contributed by atoms with Crippen molar-refractivity contribution in [1.82, 2.24) is 0 Å². The van der Waals surface area contributed by atoms with E-state index in [9.17, 15) is 0 Å². The van der Waals surface area contributed by atoms with Crippen LogP contribution in [0.15, 0.2) is 0 Å². The molecule has 25 heavy (non-hydrogen) atoms. The van der Waals surface area contributed by atoms with E-state index in [0.29, 0.717) is 32.5 Å². The van der Waals surface area contributed by atoms with Crippen molar-refractivity contribution in [2.75, 3.05) is 0 Å². The molecule has 0 aromatic heterocycles. The lowest BCUT2D eigenvalue weighted by Crippen LogP contribution is -2.33. The Morgan fingerprint density at radius 1 is 0.360 bits per heavy atom. The fraction of sp³-hybridized carbons (Fsp3) is 1.00. The van der Waals surface area contributed by atoms with Crippen molar-refractivity contribution in [3.8, 4) is 0 Å². The first-order valence-corrected chi connectivity index (χ1v) is 9.91. The first kappa shape index (κ1) is 29.8. The fourth-order valence-electron chi connectivity index (χ4n) is 3.18. The molecule has 0 heterocycles. The lowest BCUT2D eigenvalue weighted by atomic mass is 9.62. The van der Waals surface area contributed by atoms with Crippen LogP contribution in [-0.2, 0) is 0 Å². The van der Waals surface area contributed by atoms with Gasteiger partial charge in [0.05, 0.1) is 0 Å². The Labute approximate surface area is 164 Å². The van der Waals surface area contributed by atoms with Gasteiger partial charge >= 0.3 is 0 Å². The Balaban J connectivity index is -0.000000372. The van der Waals surface area contributed by atoms with E-state index in [1.165, 1.54) is 12.8 Å². The maximum absolute atomic E-state index is 2.37. The molecule has 0 rings (SSSR count). The lowest BCUT2D eigenvalue weighted by molar-refractivity contribution is 0.0743. The van der Waals surface area contributed by atoms with Gasteiger partial charge in [-0.3, -0.25) is 0 Å². The second-order valence-corrected chi connectivity index (χ2v) is 13.7. The van der Waals surface area contributed by atoms with Gasteiger partial charge in [0.15, 0.2) is 0 Å². The molecular formula is C25H56. The standard InChI is InChI=1S/2C12H26.CH4/c2*1-10(2,3)9-12(7,8)11(4,5)6;/h2*9H2,1-8H3;1H4. The normalized spacial score (nSPS) is 14.4. The highest BCUT2D eigenvalue weighted by atomic mass is 14.4. The first-order valence-electron chi connectivity index (χ1n) is 9.91. The van der Waals surface area contributed by atoms with Crippen molar-refractivity contribution in [3.63, 3.8) is 0 Å². The van der Waals surface area contributed by atoms with Crippen LogP contribution in [0.25, 0.3) is 0 Å². The van der Waals surface area contributed by atoms with Crippen molar-refractivity contribution >= 4 is 0 Å². The van der Waals surface area contributed by atoms with Gasteiger partial charge in [0.1, 0.15) is 0 Å². The Morgan fingerprint density at radius 3 is 0.560 bits per heavy atom. The van der Waals surface area contributed by atoms with Gasteiger partial charge in [-0.1, -0.05) is 118 Å². The van der Waals surface area contributed by atoms with E-state index in [1.807, 2.05) is 0 Å². The second-order valence-electron chi connectivity index (χ2n) is 13.7. The SMILES string of the molecule is C.CC(C)(C)CC(C)(C)C(C)(C)C.CC(C)(C)CC(C)(C)C(C)(C)C. The highest BCUT2D eigenvalue weighted by Crippen LogP contribution is 2.46. The van der Waals surface area contributed by atoms with E-state index in [0.717, 1.165) is 0 Å². The summed E-state index contributed by atoms with van der Waals surface area (Å²) in [4.78, 5) is 0. The summed E-state index contributed by atoms with van der Waals surface area (Å²) in [7, 11) is 0. The van der Waals surface area contributed by atoms with Crippen LogP contribution in [0, 0.1) is 32.5 Å². The molecule has 0 aromatic carbocycles. The second kappa shape index (κ2) is 8.79. The van der Waals surface area contributed by atoms with Gasteiger partial charge in [0.2, 0.25) is 0 Å². The minimum Gasteiger partial charge on any atom is -0.0776 e. The maximum atomic E-state index is 2.37. The molecule has 0 aliphatic carbocycles. The smallest absolute Gasteiger partial charge is 0.0301 e. The molecule has 0 fully saturated rings. The van der Waals surface area contributed by atoms with Crippen LogP contribution in [0.1, 0.15) is 131 Å². The zero-order chi connectivity index (χ0) is 20.4. The quantitative estimate of drug-likeness (QED) is 0.462. The minimum atomic E-state index is 0. The van der Waals surface area contributed by atoms with Crippen LogP contribution in [-0.4, -0.2) is 0 Å². The van der Waals surface area contributed by atoms with E-state index in [4.69, 9.17) is 0 Å². The highest BCUT2D eigenvalue weighted by molar-refractivity contribution is 4.86. The average Bonchev–Trinajstić information content (AvgIpc) is 2.05. The third kappa shape index (κ3) is 12.9. The van der Waals surface area contributed by atoms with Gasteiger partial charge in [0.25, 0.3) is 0 Å². The van der Waals surface area contributed by atoms with Crippen molar-refractivity contribution in [1.29, 1.82) is 0 Å². The van der Waals surface area contributed by atoms with Gasteiger partial charge in [-0.25, -0.2) is 0 Å². The zero-order valence-corrected chi connectivity index (χ0v) is 20.4. The first-order chi connectivity index (χ1) is 9.91. The molecule has 0 amide bonds. The summed E-state index contributed by atoms with van der Waals surface area (Å²) >= 11 is 0. The number of hydrogen-bond donors (Lipinski definition) is 0. The van der Waals surface area contributed by atoms with Crippen molar-refractivity contribution in [3.05, 3.63) is 0 Å². The van der Waals surface area contributed by atoms with Crippen molar-refractivity contribution < 1.29 is 0 Å². The molecule has 0 spiro atoms. The number of hydrogen-bond acceptors (Lipinski definition) is 0. The molecular weight excluding hydrogens is 300 g/mol. The average molecular weight is 357 g/mol. The molecule has 0 saturated heterocycles. The third-order valence-corrected chi connectivity index (χ3v) is 6.01. The largest absolute Gasteiger partial charge is 0.0776 e. The Kier molecular flexibility index (Phi) is 10.5. The Bertz CT molecular complexity index is 315. The fourth-order valence-corrected chi connectivity index (χ4v) is 3.18. The molecule has 0 bridgehead atoms. The predicted molar refractivity (Wildman–Crippen MR) is 121 cm³/mol. The molecule has 0 aromatic rings. The summed E-state index contributed by atoms with van der Waals surface area (Å²) in [5.74, 6) is 0. The summed E-state index contributed by atoms with van der Waals surface area (Å²) < 4.78 is 0. The molecule has 0 atom stereocenters. The summed E-state index contributed by atoms with van der Waals surface area (Å²) in [6, 6.07) is 0. The van der Waals surface area contributed by atoms with E-state index < -0.39 is 0 Å². The van der Waals surface area contributed by atoms with Gasteiger partial charge in [-0.15, -0.1) is 0 Å². The molecule has 0 radical (unpaired) electrons. The van der Waals surface area contributed by atoms with E-state index in [1.54, 1.807) is 0 Å². The van der Waals surface area contributed by atoms with Gasteiger partial charge < -0.3 is 0 Å². The van der Waals surface area contributed by atoms with Crippen LogP contribution in [0.3, 0.4) is 0 Å². The molecule has 0 nitrogen and oxygen atoms in total. The summed E-state index contributed by atoms with van der Waals surface area (Å²) in [6.07, 6.45) is 2.56. The predicted octanol–water partition coefficient (Wildman–Crippen LogP) is 9.63. The van der Waals surface area contributed by atoms with Crippen LogP contribution >= 0.6 is 0 Å². The lowest BCUT2D eigenvalue weighted by Gasteiger charge is -2.43. The summed E-state index contributed by atoms with van der Waals surface area (Å²) in [5.41, 5.74) is 2.53. The van der Waals surface area contributed by atoms with Crippen LogP contribution in [0.2, 0.25) is 0 Å². The third-order valence-electron chi connectivity index (χ3n) is 6.01. The van der Waals surface area contributed by atoms with E-state index >= 15 is 0 Å².